The van der Waals surface area contributed by atoms with Gasteiger partial charge in [0.25, 0.3) is 0 Å². The third kappa shape index (κ3) is 3.78. The molecule has 1 atom stereocenters. The number of likely N-dealkylation sites (tertiary alicyclic amines) is 1. The van der Waals surface area contributed by atoms with Gasteiger partial charge in [-0.05, 0) is 49.6 Å². The lowest BCUT2D eigenvalue weighted by molar-refractivity contribution is 0.248. The summed E-state index contributed by atoms with van der Waals surface area (Å²) in [6, 6.07) is 17.7. The first-order chi connectivity index (χ1) is 9.72. The van der Waals surface area contributed by atoms with E-state index in [0.717, 1.165) is 12.2 Å². The van der Waals surface area contributed by atoms with Gasteiger partial charge in [-0.3, -0.25) is 4.90 Å². The van der Waals surface area contributed by atoms with Crippen molar-refractivity contribution in [1.82, 2.24) is 4.90 Å². The molecule has 1 heterocycles. The largest absolute Gasteiger partial charge is 0.399 e. The monoisotopic (exact) mass is 302 g/mol. The molecule has 0 aliphatic carbocycles. The molecule has 1 unspecified atom stereocenters. The van der Waals surface area contributed by atoms with Gasteiger partial charge in [-0.15, -0.1) is 12.4 Å². The fourth-order valence-electron chi connectivity index (χ4n) is 3.20. The van der Waals surface area contributed by atoms with Crippen molar-refractivity contribution in [3.8, 4) is 0 Å². The summed E-state index contributed by atoms with van der Waals surface area (Å²) in [5, 5.41) is 0. The molecule has 2 nitrogen and oxygen atoms in total. The molecular weight excluding hydrogens is 280 g/mol. The van der Waals surface area contributed by atoms with Crippen molar-refractivity contribution in [2.24, 2.45) is 0 Å². The number of rotatable bonds is 3. The summed E-state index contributed by atoms with van der Waals surface area (Å²) >= 11 is 0. The maximum Gasteiger partial charge on any atom is 0.0352 e. The van der Waals surface area contributed by atoms with Crippen LogP contribution in [0, 0.1) is 6.92 Å². The van der Waals surface area contributed by atoms with Crippen LogP contribution in [-0.4, -0.2) is 11.4 Å². The number of nitrogens with zero attached hydrogens (tertiary/aromatic N) is 1. The zero-order valence-electron chi connectivity index (χ0n) is 12.5. The molecule has 3 rings (SSSR count). The Morgan fingerprint density at radius 1 is 1.14 bits per heavy atom. The van der Waals surface area contributed by atoms with Gasteiger partial charge in [0, 0.05) is 18.3 Å². The maximum atomic E-state index is 5.88. The number of aryl methyl sites for hydroxylation is 1. The van der Waals surface area contributed by atoms with Crippen LogP contribution in [0.2, 0.25) is 0 Å². The fourth-order valence-corrected chi connectivity index (χ4v) is 3.20. The summed E-state index contributed by atoms with van der Waals surface area (Å²) in [5.41, 5.74) is 10.8. The molecule has 2 aromatic rings. The summed E-state index contributed by atoms with van der Waals surface area (Å²) in [4.78, 5) is 2.57. The molecule has 3 heteroatoms. The summed E-state index contributed by atoms with van der Waals surface area (Å²) < 4.78 is 0. The maximum absolute atomic E-state index is 5.88. The number of hydrogen-bond acceptors (Lipinski definition) is 2. The van der Waals surface area contributed by atoms with Crippen LogP contribution in [0.5, 0.6) is 0 Å². The third-order valence-electron chi connectivity index (χ3n) is 4.13. The number of nitrogens with two attached hydrogens (primary N) is 1. The number of benzene rings is 2. The van der Waals surface area contributed by atoms with Crippen LogP contribution >= 0.6 is 12.4 Å². The van der Waals surface area contributed by atoms with E-state index in [2.05, 4.69) is 48.2 Å². The SMILES string of the molecule is Cc1cccc(C2CCCN2Cc2cccc(N)c2)c1.Cl. The molecule has 2 N–H and O–H groups in total. The van der Waals surface area contributed by atoms with Crippen LogP contribution in [0.4, 0.5) is 5.69 Å². The van der Waals surface area contributed by atoms with Crippen molar-refractivity contribution in [1.29, 1.82) is 0 Å². The Hall–Kier alpha value is -1.51. The Balaban J connectivity index is 0.00000161. The first kappa shape index (κ1) is 15.9. The van der Waals surface area contributed by atoms with Crippen LogP contribution in [0.3, 0.4) is 0 Å². The summed E-state index contributed by atoms with van der Waals surface area (Å²) in [7, 11) is 0. The van der Waals surface area contributed by atoms with E-state index in [-0.39, 0.29) is 12.4 Å². The molecule has 0 saturated carbocycles. The van der Waals surface area contributed by atoms with Gasteiger partial charge in [-0.1, -0.05) is 42.0 Å². The van der Waals surface area contributed by atoms with Crippen LogP contribution < -0.4 is 5.73 Å². The standard InChI is InChI=1S/C18H22N2.ClH/c1-14-5-2-7-16(11-14)18-9-4-10-20(18)13-15-6-3-8-17(19)12-15;/h2-3,5-8,11-12,18H,4,9-10,13,19H2,1H3;1H. The molecule has 2 aromatic carbocycles. The van der Waals surface area contributed by atoms with Crippen LogP contribution in [0.15, 0.2) is 48.5 Å². The van der Waals surface area contributed by atoms with Gasteiger partial charge in [0.05, 0.1) is 0 Å². The Labute approximate surface area is 133 Å². The second-order valence-corrected chi connectivity index (χ2v) is 5.79. The predicted molar refractivity (Wildman–Crippen MR) is 91.7 cm³/mol. The molecule has 112 valence electrons. The van der Waals surface area contributed by atoms with Gasteiger partial charge in [0.15, 0.2) is 0 Å². The highest BCUT2D eigenvalue weighted by molar-refractivity contribution is 5.85. The molecular formula is C18H23ClN2. The van der Waals surface area contributed by atoms with Gasteiger partial charge in [-0.2, -0.15) is 0 Å². The zero-order valence-corrected chi connectivity index (χ0v) is 13.3. The Kier molecular flexibility index (Phi) is 5.27. The van der Waals surface area contributed by atoms with E-state index >= 15 is 0 Å². The summed E-state index contributed by atoms with van der Waals surface area (Å²) in [6.07, 6.45) is 2.53. The highest BCUT2D eigenvalue weighted by atomic mass is 35.5. The Morgan fingerprint density at radius 2 is 1.95 bits per heavy atom. The first-order valence-corrected chi connectivity index (χ1v) is 7.37. The van der Waals surface area contributed by atoms with Crippen molar-refractivity contribution in [3.63, 3.8) is 0 Å². The molecule has 0 bridgehead atoms. The average molecular weight is 303 g/mol. The van der Waals surface area contributed by atoms with E-state index in [0.29, 0.717) is 6.04 Å². The average Bonchev–Trinajstić information content (AvgIpc) is 2.87. The first-order valence-electron chi connectivity index (χ1n) is 7.37. The number of nitrogen functional groups attached to an aromatic ring is 1. The fraction of sp³-hybridized carbons (Fsp3) is 0.333. The molecule has 21 heavy (non-hydrogen) atoms. The van der Waals surface area contributed by atoms with E-state index in [1.807, 2.05) is 12.1 Å². The lowest BCUT2D eigenvalue weighted by Crippen LogP contribution is -2.22. The quantitative estimate of drug-likeness (QED) is 0.855. The Morgan fingerprint density at radius 3 is 2.71 bits per heavy atom. The lowest BCUT2D eigenvalue weighted by atomic mass is 10.0. The summed E-state index contributed by atoms with van der Waals surface area (Å²) in [6.45, 7) is 4.33. The van der Waals surface area contributed by atoms with E-state index in [9.17, 15) is 0 Å². The van der Waals surface area contributed by atoms with Crippen molar-refractivity contribution in [2.45, 2.75) is 32.4 Å². The van der Waals surface area contributed by atoms with Gasteiger partial charge < -0.3 is 5.73 Å². The molecule has 1 fully saturated rings. The molecule has 0 aromatic heterocycles. The molecule has 1 saturated heterocycles. The molecule has 0 amide bonds. The highest BCUT2D eigenvalue weighted by Crippen LogP contribution is 2.33. The number of halogens is 1. The summed E-state index contributed by atoms with van der Waals surface area (Å²) in [5.74, 6) is 0. The van der Waals surface area contributed by atoms with Gasteiger partial charge in [-0.25, -0.2) is 0 Å². The molecule has 1 aliphatic heterocycles. The number of anilines is 1. The zero-order chi connectivity index (χ0) is 13.9. The second-order valence-electron chi connectivity index (χ2n) is 5.79. The molecule has 1 aliphatic rings. The highest BCUT2D eigenvalue weighted by Gasteiger charge is 2.25. The minimum Gasteiger partial charge on any atom is -0.399 e. The van der Waals surface area contributed by atoms with Gasteiger partial charge in [0.1, 0.15) is 0 Å². The van der Waals surface area contributed by atoms with E-state index < -0.39 is 0 Å². The Bertz CT molecular complexity index is 597. The van der Waals surface area contributed by atoms with Gasteiger partial charge >= 0.3 is 0 Å². The smallest absolute Gasteiger partial charge is 0.0352 e. The topological polar surface area (TPSA) is 29.3 Å². The van der Waals surface area contributed by atoms with Crippen LogP contribution in [0.25, 0.3) is 0 Å². The van der Waals surface area contributed by atoms with Crippen LogP contribution in [0.1, 0.15) is 35.6 Å². The minimum absolute atomic E-state index is 0. The molecule has 0 spiro atoms. The van der Waals surface area contributed by atoms with E-state index in [1.54, 1.807) is 0 Å². The lowest BCUT2D eigenvalue weighted by Gasteiger charge is -2.25. The van der Waals surface area contributed by atoms with Gasteiger partial charge in [0.2, 0.25) is 0 Å². The molecule has 0 radical (unpaired) electrons. The van der Waals surface area contributed by atoms with Crippen molar-refractivity contribution < 1.29 is 0 Å². The third-order valence-corrected chi connectivity index (χ3v) is 4.13. The van der Waals surface area contributed by atoms with Crippen molar-refractivity contribution in [3.05, 3.63) is 65.2 Å². The minimum atomic E-state index is 0. The van der Waals surface area contributed by atoms with E-state index in [1.165, 1.54) is 36.1 Å². The van der Waals surface area contributed by atoms with Crippen molar-refractivity contribution >= 4 is 18.1 Å². The van der Waals surface area contributed by atoms with Crippen LogP contribution in [-0.2, 0) is 6.54 Å². The number of hydrogen-bond donors (Lipinski definition) is 1. The van der Waals surface area contributed by atoms with Crippen molar-refractivity contribution in [2.75, 3.05) is 12.3 Å². The second kappa shape index (κ2) is 6.97. The normalized spacial score (nSPS) is 18.4. The van der Waals surface area contributed by atoms with E-state index in [4.69, 9.17) is 5.73 Å². The predicted octanol–water partition coefficient (Wildman–Crippen LogP) is 4.34.